The number of nitrogens with zero attached hydrogens (tertiary/aromatic N) is 2. The number of amides is 1. The molecule has 2 heterocycles. The molecule has 2 aromatic heterocycles. The summed E-state index contributed by atoms with van der Waals surface area (Å²) in [6, 6.07) is 8.80. The van der Waals surface area contributed by atoms with Crippen molar-refractivity contribution in [3.05, 3.63) is 60.0 Å². The van der Waals surface area contributed by atoms with E-state index in [9.17, 15) is 13.6 Å². The van der Waals surface area contributed by atoms with E-state index in [4.69, 9.17) is 5.73 Å². The molecule has 0 spiro atoms. The SMILES string of the molecule is NC(=O)c1cnc2cncc(-c3ccc(CS(=O)[O-])cc3)c2c1. The summed E-state index contributed by atoms with van der Waals surface area (Å²) in [4.78, 5) is 19.7. The van der Waals surface area contributed by atoms with Gasteiger partial charge < -0.3 is 10.3 Å². The second-order valence-corrected chi connectivity index (χ2v) is 5.88. The highest BCUT2D eigenvalue weighted by Gasteiger charge is 2.09. The molecular formula is C16H12N3O3S-. The quantitative estimate of drug-likeness (QED) is 0.735. The van der Waals surface area contributed by atoms with Crippen LogP contribution in [-0.2, 0) is 16.8 Å². The minimum Gasteiger partial charge on any atom is -0.772 e. The molecule has 0 aliphatic heterocycles. The number of carbonyl (C=O) groups is 1. The minimum atomic E-state index is -2.12. The fraction of sp³-hybridized carbons (Fsp3) is 0.0625. The van der Waals surface area contributed by atoms with Crippen molar-refractivity contribution < 1.29 is 13.6 Å². The molecule has 1 amide bonds. The molecule has 1 unspecified atom stereocenters. The normalized spacial score (nSPS) is 12.2. The van der Waals surface area contributed by atoms with E-state index < -0.39 is 17.0 Å². The standard InChI is InChI=1S/C16H13N3O3S/c17-16(20)12-5-13-14(7-18-8-15(13)19-6-12)11-3-1-10(2-4-11)9-23(21)22/h1-8H,9H2,(H2,17,20)(H,21,22)/p-1. The van der Waals surface area contributed by atoms with E-state index in [1.54, 1.807) is 30.6 Å². The zero-order valence-corrected chi connectivity index (χ0v) is 12.7. The van der Waals surface area contributed by atoms with Gasteiger partial charge in [0.15, 0.2) is 0 Å². The predicted molar refractivity (Wildman–Crippen MR) is 86.1 cm³/mol. The van der Waals surface area contributed by atoms with Gasteiger partial charge in [0.1, 0.15) is 0 Å². The molecule has 3 aromatic rings. The van der Waals surface area contributed by atoms with Crippen LogP contribution in [0.2, 0.25) is 0 Å². The first-order chi connectivity index (χ1) is 11.0. The van der Waals surface area contributed by atoms with Gasteiger partial charge in [-0.3, -0.25) is 19.0 Å². The number of hydrogen-bond acceptors (Lipinski definition) is 5. The highest BCUT2D eigenvalue weighted by Crippen LogP contribution is 2.27. The Kier molecular flexibility index (Phi) is 4.14. The first-order valence-electron chi connectivity index (χ1n) is 6.73. The Morgan fingerprint density at radius 1 is 1.17 bits per heavy atom. The number of pyridine rings is 2. The lowest BCUT2D eigenvalue weighted by atomic mass is 10.0. The molecule has 0 saturated heterocycles. The zero-order chi connectivity index (χ0) is 16.4. The van der Waals surface area contributed by atoms with E-state index in [0.717, 1.165) is 16.5 Å². The van der Waals surface area contributed by atoms with E-state index >= 15 is 0 Å². The third kappa shape index (κ3) is 3.25. The zero-order valence-electron chi connectivity index (χ0n) is 11.9. The maximum atomic E-state index is 11.3. The van der Waals surface area contributed by atoms with Crippen molar-refractivity contribution in [3.63, 3.8) is 0 Å². The number of nitrogens with two attached hydrogens (primary N) is 1. The molecule has 1 atom stereocenters. The van der Waals surface area contributed by atoms with Crippen LogP contribution in [0, 0.1) is 0 Å². The van der Waals surface area contributed by atoms with Gasteiger partial charge in [-0.15, -0.1) is 0 Å². The Labute approximate surface area is 134 Å². The van der Waals surface area contributed by atoms with Gasteiger partial charge in [-0.1, -0.05) is 35.3 Å². The summed E-state index contributed by atoms with van der Waals surface area (Å²) in [6.45, 7) is 0. The van der Waals surface area contributed by atoms with Gasteiger partial charge in [-0.2, -0.15) is 0 Å². The minimum absolute atomic E-state index is 0.0263. The molecule has 23 heavy (non-hydrogen) atoms. The first kappa shape index (κ1) is 15.3. The van der Waals surface area contributed by atoms with Crippen LogP contribution < -0.4 is 5.73 Å². The van der Waals surface area contributed by atoms with Crippen molar-refractivity contribution in [3.8, 4) is 11.1 Å². The van der Waals surface area contributed by atoms with E-state index in [1.165, 1.54) is 6.20 Å². The first-order valence-corrected chi connectivity index (χ1v) is 7.98. The number of primary amides is 1. The van der Waals surface area contributed by atoms with Crippen LogP contribution in [-0.4, -0.2) is 24.6 Å². The number of fused-ring (bicyclic) bond motifs is 1. The topological polar surface area (TPSA) is 109 Å². The van der Waals surface area contributed by atoms with Gasteiger partial charge in [0.05, 0.1) is 17.3 Å². The third-order valence-corrected chi connectivity index (χ3v) is 4.01. The van der Waals surface area contributed by atoms with Crippen LogP contribution in [0.3, 0.4) is 0 Å². The Balaban J connectivity index is 2.09. The molecule has 0 saturated carbocycles. The number of hydrogen-bond donors (Lipinski definition) is 1. The molecule has 116 valence electrons. The van der Waals surface area contributed by atoms with Gasteiger partial charge in [0.25, 0.3) is 0 Å². The fourth-order valence-electron chi connectivity index (χ4n) is 2.33. The van der Waals surface area contributed by atoms with Crippen molar-refractivity contribution in [1.82, 2.24) is 9.97 Å². The maximum absolute atomic E-state index is 11.3. The van der Waals surface area contributed by atoms with Gasteiger partial charge >= 0.3 is 0 Å². The second-order valence-electron chi connectivity index (χ2n) is 4.99. The van der Waals surface area contributed by atoms with Crippen LogP contribution in [0.15, 0.2) is 48.9 Å². The van der Waals surface area contributed by atoms with Crippen molar-refractivity contribution >= 4 is 27.9 Å². The number of aromatic nitrogens is 2. The van der Waals surface area contributed by atoms with Crippen molar-refractivity contribution in [2.24, 2.45) is 5.73 Å². The van der Waals surface area contributed by atoms with Crippen LogP contribution in [0.1, 0.15) is 15.9 Å². The van der Waals surface area contributed by atoms with Crippen molar-refractivity contribution in [1.29, 1.82) is 0 Å². The Bertz CT molecular complexity index is 910. The Morgan fingerprint density at radius 2 is 1.91 bits per heavy atom. The lowest BCUT2D eigenvalue weighted by Crippen LogP contribution is -2.11. The lowest BCUT2D eigenvalue weighted by Gasteiger charge is -2.09. The van der Waals surface area contributed by atoms with Gasteiger partial charge in [0, 0.05) is 29.1 Å². The van der Waals surface area contributed by atoms with E-state index in [1.807, 2.05) is 12.1 Å². The molecule has 3 rings (SSSR count). The average Bonchev–Trinajstić information content (AvgIpc) is 2.54. The number of rotatable bonds is 4. The third-order valence-electron chi connectivity index (χ3n) is 3.44. The fourth-order valence-corrected chi connectivity index (χ4v) is 2.79. The molecule has 0 aliphatic rings. The van der Waals surface area contributed by atoms with Crippen LogP contribution in [0.25, 0.3) is 22.0 Å². The van der Waals surface area contributed by atoms with Crippen molar-refractivity contribution in [2.75, 3.05) is 0 Å². The Hall–Kier alpha value is -2.64. The highest BCUT2D eigenvalue weighted by molar-refractivity contribution is 7.78. The Morgan fingerprint density at radius 3 is 2.57 bits per heavy atom. The smallest absolute Gasteiger partial charge is 0.250 e. The molecule has 2 N–H and O–H groups in total. The summed E-state index contributed by atoms with van der Waals surface area (Å²) >= 11 is -2.12. The lowest BCUT2D eigenvalue weighted by molar-refractivity contribution is 0.1000. The second kappa shape index (κ2) is 6.23. The number of carbonyl (C=O) groups excluding carboxylic acids is 1. The summed E-state index contributed by atoms with van der Waals surface area (Å²) in [6.07, 6.45) is 4.71. The van der Waals surface area contributed by atoms with Crippen molar-refractivity contribution in [2.45, 2.75) is 5.75 Å². The van der Waals surface area contributed by atoms with Gasteiger partial charge in [-0.25, -0.2) is 0 Å². The summed E-state index contributed by atoms with van der Waals surface area (Å²) in [7, 11) is 0. The molecule has 0 radical (unpaired) electrons. The summed E-state index contributed by atoms with van der Waals surface area (Å²) in [5.41, 5.74) is 8.63. The average molecular weight is 326 g/mol. The molecule has 0 bridgehead atoms. The summed E-state index contributed by atoms with van der Waals surface area (Å²) in [5.74, 6) is -0.572. The van der Waals surface area contributed by atoms with E-state index in [2.05, 4.69) is 9.97 Å². The molecule has 1 aromatic carbocycles. The molecule has 7 heteroatoms. The summed E-state index contributed by atoms with van der Waals surface area (Å²) in [5, 5.41) is 0.761. The molecule has 0 fully saturated rings. The van der Waals surface area contributed by atoms with E-state index in [0.29, 0.717) is 16.6 Å². The van der Waals surface area contributed by atoms with Gasteiger partial charge in [0.2, 0.25) is 5.91 Å². The molecule has 6 nitrogen and oxygen atoms in total. The van der Waals surface area contributed by atoms with E-state index in [-0.39, 0.29) is 5.75 Å². The predicted octanol–water partition coefficient (Wildman–Crippen LogP) is 1.77. The largest absolute Gasteiger partial charge is 0.772 e. The summed E-state index contributed by atoms with van der Waals surface area (Å²) < 4.78 is 21.5. The van der Waals surface area contributed by atoms with Crippen LogP contribution in [0.4, 0.5) is 0 Å². The highest BCUT2D eigenvalue weighted by atomic mass is 32.2. The van der Waals surface area contributed by atoms with Crippen LogP contribution >= 0.6 is 0 Å². The van der Waals surface area contributed by atoms with Crippen LogP contribution in [0.5, 0.6) is 0 Å². The monoisotopic (exact) mass is 326 g/mol. The molecule has 0 aliphatic carbocycles. The van der Waals surface area contributed by atoms with Gasteiger partial charge in [-0.05, 0) is 17.2 Å². The maximum Gasteiger partial charge on any atom is 0.250 e. The number of benzene rings is 1. The molecular weight excluding hydrogens is 314 g/mol.